The van der Waals surface area contributed by atoms with Gasteiger partial charge in [-0.05, 0) is 61.8 Å². The van der Waals surface area contributed by atoms with Crippen molar-refractivity contribution in [2.45, 2.75) is 88.0 Å². The second-order valence-corrected chi connectivity index (χ2v) is 15.1. The third kappa shape index (κ3) is 8.48. The molecule has 0 bridgehead atoms. The van der Waals surface area contributed by atoms with Crippen molar-refractivity contribution >= 4 is 16.1 Å². The lowest BCUT2D eigenvalue weighted by molar-refractivity contribution is 0.0507. The van der Waals surface area contributed by atoms with Crippen molar-refractivity contribution in [1.29, 1.82) is 0 Å². The zero-order valence-electron chi connectivity index (χ0n) is 26.2. The third-order valence-corrected chi connectivity index (χ3v) is 10.9. The van der Waals surface area contributed by atoms with Crippen molar-refractivity contribution in [2.75, 3.05) is 33.0 Å². The number of carbonyl (C=O) groups excluding carboxylic acids is 1. The molecule has 2 fully saturated rings. The van der Waals surface area contributed by atoms with Crippen LogP contribution in [0.3, 0.4) is 0 Å². The molecule has 0 spiro atoms. The number of nitrogens with zero attached hydrogens (tertiary/aromatic N) is 1. The molecule has 0 aromatic heterocycles. The first-order valence-electron chi connectivity index (χ1n) is 16.0. The summed E-state index contributed by atoms with van der Waals surface area (Å²) in [5, 5.41) is 14.6. The average molecular weight is 646 g/mol. The van der Waals surface area contributed by atoms with Crippen LogP contribution in [0.25, 0.3) is 0 Å². The van der Waals surface area contributed by atoms with Gasteiger partial charge in [-0.3, -0.25) is 0 Å². The maximum atomic E-state index is 14.2. The fourth-order valence-electron chi connectivity index (χ4n) is 6.60. The Kier molecular flexibility index (Phi) is 10.9. The van der Waals surface area contributed by atoms with E-state index in [2.05, 4.69) is 5.32 Å². The van der Waals surface area contributed by atoms with E-state index >= 15 is 0 Å². The van der Waals surface area contributed by atoms with Gasteiger partial charge in [-0.15, -0.1) is 0 Å². The number of alkyl carbamates (subject to hydrolysis) is 1. The summed E-state index contributed by atoms with van der Waals surface area (Å²) in [5.74, 6) is 1.01. The molecule has 5 rings (SSSR count). The highest BCUT2D eigenvalue weighted by atomic mass is 32.2. The van der Waals surface area contributed by atoms with Crippen molar-refractivity contribution in [1.82, 2.24) is 9.62 Å². The summed E-state index contributed by atoms with van der Waals surface area (Å²) in [6.07, 6.45) is 3.55. The summed E-state index contributed by atoms with van der Waals surface area (Å²) in [6.45, 7) is 4.86. The molecule has 2 aromatic rings. The van der Waals surface area contributed by atoms with Crippen LogP contribution >= 0.6 is 0 Å². The summed E-state index contributed by atoms with van der Waals surface area (Å²) in [4.78, 5) is 13.3. The zero-order valence-corrected chi connectivity index (χ0v) is 27.0. The largest absolute Gasteiger partial charge is 0.454 e. The van der Waals surface area contributed by atoms with Gasteiger partial charge in [0, 0.05) is 25.1 Å². The number of ether oxygens (including phenoxy) is 4. The van der Waals surface area contributed by atoms with Crippen LogP contribution in [-0.4, -0.2) is 81.3 Å². The Morgan fingerprint density at radius 3 is 2.69 bits per heavy atom. The topological polar surface area (TPSA) is 150 Å². The first kappa shape index (κ1) is 33.5. The highest BCUT2D eigenvalue weighted by Crippen LogP contribution is 2.38. The van der Waals surface area contributed by atoms with Gasteiger partial charge in [-0.2, -0.15) is 4.31 Å². The quantitative estimate of drug-likeness (QED) is 0.246. The van der Waals surface area contributed by atoms with E-state index in [-0.39, 0.29) is 49.3 Å². The highest BCUT2D eigenvalue weighted by molar-refractivity contribution is 7.89. The van der Waals surface area contributed by atoms with E-state index in [0.29, 0.717) is 24.7 Å². The van der Waals surface area contributed by atoms with Gasteiger partial charge < -0.3 is 35.1 Å². The number of aliphatic hydroxyl groups is 1. The predicted octanol–water partition coefficient (Wildman–Crippen LogP) is 3.83. The average Bonchev–Trinajstić information content (AvgIpc) is 3.75. The molecule has 4 N–H and O–H groups in total. The van der Waals surface area contributed by atoms with Crippen molar-refractivity contribution in [3.63, 3.8) is 0 Å². The zero-order chi connectivity index (χ0) is 32.0. The van der Waals surface area contributed by atoms with Crippen LogP contribution in [0.4, 0.5) is 4.79 Å². The highest BCUT2D eigenvalue weighted by Gasteiger charge is 2.43. The summed E-state index contributed by atoms with van der Waals surface area (Å²) in [7, 11) is -4.09. The maximum Gasteiger partial charge on any atom is 0.407 e. The summed E-state index contributed by atoms with van der Waals surface area (Å²) in [5.41, 5.74) is 6.18. The molecule has 12 heteroatoms. The fraction of sp³-hybridized carbons (Fsp3) is 0.606. The summed E-state index contributed by atoms with van der Waals surface area (Å²) in [6, 6.07) is 13.2. The molecule has 0 radical (unpaired) electrons. The number of aliphatic hydroxyl groups excluding tert-OH is 1. The number of carbonyl (C=O) groups is 1. The van der Waals surface area contributed by atoms with Crippen molar-refractivity contribution in [3.05, 3.63) is 54.1 Å². The van der Waals surface area contributed by atoms with Crippen LogP contribution in [0.5, 0.6) is 11.5 Å². The number of fused-ring (bicyclic) bond motifs is 2. The Morgan fingerprint density at radius 1 is 1.13 bits per heavy atom. The van der Waals surface area contributed by atoms with Gasteiger partial charge in [-0.1, -0.05) is 57.0 Å². The third-order valence-electron chi connectivity index (χ3n) is 9.06. The SMILES string of the molecule is CC(C)(CCCCN)CN(CC(O)C(Cc1ccccc1)NC(=O)OC1COC2CCCC21)S(=O)(=O)c1ccc2c(c1)OCO2. The Balaban J connectivity index is 1.37. The number of amides is 1. The molecule has 5 unspecified atom stereocenters. The van der Waals surface area contributed by atoms with E-state index in [9.17, 15) is 18.3 Å². The Labute approximate surface area is 266 Å². The minimum Gasteiger partial charge on any atom is -0.454 e. The molecule has 45 heavy (non-hydrogen) atoms. The number of sulfonamides is 1. The maximum absolute atomic E-state index is 14.2. The number of nitrogens with two attached hydrogens (primary N) is 1. The van der Waals surface area contributed by atoms with Crippen LogP contribution in [0.2, 0.25) is 0 Å². The summed E-state index contributed by atoms with van der Waals surface area (Å²) >= 11 is 0. The molecule has 1 aliphatic carbocycles. The smallest absolute Gasteiger partial charge is 0.407 e. The van der Waals surface area contributed by atoms with E-state index in [0.717, 1.165) is 44.1 Å². The van der Waals surface area contributed by atoms with Gasteiger partial charge in [0.15, 0.2) is 11.5 Å². The van der Waals surface area contributed by atoms with Gasteiger partial charge >= 0.3 is 6.09 Å². The molecule has 2 aliphatic heterocycles. The molecule has 1 saturated heterocycles. The number of benzene rings is 2. The first-order chi connectivity index (χ1) is 21.6. The number of hydrogen-bond acceptors (Lipinski definition) is 9. The molecule has 3 aliphatic rings. The second-order valence-electron chi connectivity index (χ2n) is 13.1. The number of hydrogen-bond donors (Lipinski definition) is 3. The Morgan fingerprint density at radius 2 is 1.91 bits per heavy atom. The standard InChI is InChI=1S/C33H47N3O8S/c1-33(2,15-6-7-16-34)21-36(45(39,40)24-13-14-29-30(18-24)43-22-42-29)19-27(37)26(17-23-9-4-3-5-10-23)35-32(38)44-31-20-41-28-12-8-11-25(28)31/h3-5,9-10,13-14,18,25-28,31,37H,6-8,11-12,15-17,19-22,34H2,1-2H3,(H,35,38). The van der Waals surface area contributed by atoms with Crippen LogP contribution in [-0.2, 0) is 25.9 Å². The molecular formula is C33H47N3O8S. The lowest BCUT2D eigenvalue weighted by Crippen LogP contribution is -2.52. The van der Waals surface area contributed by atoms with Crippen molar-refractivity contribution in [2.24, 2.45) is 17.1 Å². The Bertz CT molecular complexity index is 1390. The number of nitrogens with one attached hydrogen (secondary N) is 1. The van der Waals surface area contributed by atoms with E-state index < -0.39 is 33.7 Å². The van der Waals surface area contributed by atoms with Crippen LogP contribution < -0.4 is 20.5 Å². The predicted molar refractivity (Wildman–Crippen MR) is 168 cm³/mol. The molecule has 2 heterocycles. The number of unbranched alkanes of at least 4 members (excludes halogenated alkanes) is 1. The van der Waals surface area contributed by atoms with E-state index in [4.69, 9.17) is 24.7 Å². The van der Waals surface area contributed by atoms with E-state index in [1.807, 2.05) is 44.2 Å². The van der Waals surface area contributed by atoms with Crippen molar-refractivity contribution < 1.29 is 37.3 Å². The minimum atomic E-state index is -4.09. The summed E-state index contributed by atoms with van der Waals surface area (Å²) < 4.78 is 52.2. The molecule has 5 atom stereocenters. The molecule has 1 amide bonds. The van der Waals surface area contributed by atoms with Gasteiger partial charge in [0.1, 0.15) is 6.10 Å². The first-order valence-corrected chi connectivity index (χ1v) is 17.4. The van der Waals surface area contributed by atoms with Crippen LogP contribution in [0, 0.1) is 11.3 Å². The molecule has 1 saturated carbocycles. The van der Waals surface area contributed by atoms with Gasteiger partial charge in [0.05, 0.1) is 29.8 Å². The minimum absolute atomic E-state index is 0.0206. The van der Waals surface area contributed by atoms with Gasteiger partial charge in [-0.25, -0.2) is 13.2 Å². The van der Waals surface area contributed by atoms with Gasteiger partial charge in [0.25, 0.3) is 0 Å². The monoisotopic (exact) mass is 645 g/mol. The molecule has 248 valence electrons. The van der Waals surface area contributed by atoms with E-state index in [1.165, 1.54) is 16.4 Å². The lowest BCUT2D eigenvalue weighted by atomic mass is 9.87. The van der Waals surface area contributed by atoms with Crippen LogP contribution in [0.1, 0.15) is 57.9 Å². The van der Waals surface area contributed by atoms with Crippen LogP contribution in [0.15, 0.2) is 53.4 Å². The Hall–Kier alpha value is -2.90. The fourth-order valence-corrected chi connectivity index (χ4v) is 8.26. The van der Waals surface area contributed by atoms with Gasteiger partial charge in [0.2, 0.25) is 16.8 Å². The second kappa shape index (κ2) is 14.7. The van der Waals surface area contributed by atoms with Crippen molar-refractivity contribution in [3.8, 4) is 11.5 Å². The normalized spacial score (nSPS) is 22.3. The molecule has 11 nitrogen and oxygen atoms in total. The van der Waals surface area contributed by atoms with E-state index in [1.54, 1.807) is 6.07 Å². The molecular weight excluding hydrogens is 598 g/mol. The molecule has 2 aromatic carbocycles. The number of rotatable bonds is 15. The lowest BCUT2D eigenvalue weighted by Gasteiger charge is -2.35.